The first-order valence-corrected chi connectivity index (χ1v) is 22.5. The molecular weight excluding hydrogens is 781 g/mol. The fourth-order valence-electron chi connectivity index (χ4n) is 10.7. The molecule has 0 fully saturated rings. The van der Waals surface area contributed by atoms with Gasteiger partial charge in [-0.2, -0.15) is 0 Å². The molecule has 292 valence electrons. The molecule has 0 amide bonds. The molecule has 0 saturated heterocycles. The molecule has 2 heterocycles. The highest BCUT2D eigenvalue weighted by Gasteiger charge is 2.33. The van der Waals surface area contributed by atoms with Gasteiger partial charge in [-0.25, -0.2) is 0 Å². The minimum atomic E-state index is 1.11. The first-order chi connectivity index (χ1) is 31.2. The van der Waals surface area contributed by atoms with Gasteiger partial charge in [-0.15, -0.1) is 11.3 Å². The van der Waals surface area contributed by atoms with Crippen LogP contribution in [-0.2, 0) is 0 Å². The first-order valence-electron chi connectivity index (χ1n) is 21.7. The van der Waals surface area contributed by atoms with E-state index in [-0.39, 0.29) is 0 Å². The molecule has 2 nitrogen and oxygen atoms in total. The quantitative estimate of drug-likeness (QED) is 0.172. The minimum absolute atomic E-state index is 1.11. The molecule has 14 rings (SSSR count). The smallest absolute Gasteiger partial charge is 0.0542 e. The third-order valence-electron chi connectivity index (χ3n) is 13.5. The van der Waals surface area contributed by atoms with Gasteiger partial charge in [-0.05, 0) is 139 Å². The average Bonchev–Trinajstić information content (AvgIpc) is 4.07. The van der Waals surface area contributed by atoms with Crippen LogP contribution in [0.2, 0.25) is 0 Å². The van der Waals surface area contributed by atoms with Crippen LogP contribution in [0.4, 0.5) is 17.1 Å². The summed E-state index contributed by atoms with van der Waals surface area (Å²) in [6.45, 7) is 0. The monoisotopic (exact) mass is 816 g/mol. The Morgan fingerprint density at radius 3 is 1.56 bits per heavy atom. The van der Waals surface area contributed by atoms with Crippen LogP contribution in [0.15, 0.2) is 218 Å². The van der Waals surface area contributed by atoms with Crippen molar-refractivity contribution in [3.8, 4) is 27.9 Å². The van der Waals surface area contributed by atoms with E-state index < -0.39 is 0 Å². The molecule has 2 aliphatic rings. The van der Waals surface area contributed by atoms with Crippen molar-refractivity contribution in [3.63, 3.8) is 0 Å². The maximum Gasteiger partial charge on any atom is 0.0542 e. The topological polar surface area (TPSA) is 8.17 Å². The molecule has 2 aromatic heterocycles. The Labute approximate surface area is 368 Å². The molecule has 0 radical (unpaired) electrons. The second-order valence-corrected chi connectivity index (χ2v) is 17.9. The summed E-state index contributed by atoms with van der Waals surface area (Å²) < 4.78 is 5.03. The second kappa shape index (κ2) is 13.3. The summed E-state index contributed by atoms with van der Waals surface area (Å²) in [4.78, 5) is 2.48. The Kier molecular flexibility index (Phi) is 7.30. The SMILES string of the molecule is c1ccc2c(c1)C(=C1c3ccccc3-c3ccc(N(c4ccc5sc6ccccc6c5c4)c4ccc5c(c4)c4ccccc4n5-c4ccc5ccccc5c4)cc31)c1ccccc1-2. The molecule has 0 saturated carbocycles. The van der Waals surface area contributed by atoms with E-state index in [2.05, 4.69) is 228 Å². The van der Waals surface area contributed by atoms with Gasteiger partial charge >= 0.3 is 0 Å². The molecule has 0 N–H and O–H groups in total. The summed E-state index contributed by atoms with van der Waals surface area (Å²) in [5.74, 6) is 0. The second-order valence-electron chi connectivity index (χ2n) is 16.8. The zero-order valence-corrected chi connectivity index (χ0v) is 34.9. The molecule has 0 bridgehead atoms. The number of para-hydroxylation sites is 1. The largest absolute Gasteiger partial charge is 0.310 e. The average molecular weight is 817 g/mol. The van der Waals surface area contributed by atoms with E-state index >= 15 is 0 Å². The zero-order valence-electron chi connectivity index (χ0n) is 34.1. The molecule has 0 aliphatic heterocycles. The minimum Gasteiger partial charge on any atom is -0.310 e. The van der Waals surface area contributed by atoms with Gasteiger partial charge in [0.25, 0.3) is 0 Å². The number of aromatic nitrogens is 1. The summed E-state index contributed by atoms with van der Waals surface area (Å²) in [6.07, 6.45) is 0. The molecule has 0 unspecified atom stereocenters. The van der Waals surface area contributed by atoms with Crippen LogP contribution in [0.5, 0.6) is 0 Å². The number of thiophene rings is 1. The number of rotatable bonds is 4. The van der Waals surface area contributed by atoms with Gasteiger partial charge in [-0.3, -0.25) is 0 Å². The van der Waals surface area contributed by atoms with E-state index in [1.165, 1.54) is 108 Å². The van der Waals surface area contributed by atoms with Gasteiger partial charge in [0.15, 0.2) is 0 Å². The lowest BCUT2D eigenvalue weighted by atomic mass is 9.91. The van der Waals surface area contributed by atoms with Gasteiger partial charge in [0.1, 0.15) is 0 Å². The summed E-state index contributed by atoms with van der Waals surface area (Å²) in [5.41, 5.74) is 19.8. The van der Waals surface area contributed by atoms with Crippen LogP contribution in [0.25, 0.3) is 91.8 Å². The molecular formula is C60H36N2S. The van der Waals surface area contributed by atoms with Gasteiger partial charge in [0.2, 0.25) is 0 Å². The molecule has 3 heteroatoms. The Morgan fingerprint density at radius 2 is 0.810 bits per heavy atom. The number of benzene rings is 10. The van der Waals surface area contributed by atoms with E-state index in [4.69, 9.17) is 0 Å². The molecule has 0 spiro atoms. The number of hydrogen-bond acceptors (Lipinski definition) is 2. The fourth-order valence-corrected chi connectivity index (χ4v) is 11.8. The predicted octanol–water partition coefficient (Wildman–Crippen LogP) is 16.7. The lowest BCUT2D eigenvalue weighted by Crippen LogP contribution is -2.10. The highest BCUT2D eigenvalue weighted by molar-refractivity contribution is 7.25. The van der Waals surface area contributed by atoms with E-state index in [0.29, 0.717) is 0 Å². The molecule has 0 atom stereocenters. The van der Waals surface area contributed by atoms with E-state index in [1.54, 1.807) is 0 Å². The van der Waals surface area contributed by atoms with Crippen molar-refractivity contribution in [3.05, 3.63) is 241 Å². The van der Waals surface area contributed by atoms with Crippen LogP contribution < -0.4 is 4.90 Å². The van der Waals surface area contributed by atoms with E-state index in [0.717, 1.165) is 22.7 Å². The van der Waals surface area contributed by atoms with E-state index in [9.17, 15) is 0 Å². The van der Waals surface area contributed by atoms with Crippen molar-refractivity contribution in [1.82, 2.24) is 4.57 Å². The summed E-state index contributed by atoms with van der Waals surface area (Å²) in [6, 6.07) is 81.2. The molecule has 63 heavy (non-hydrogen) atoms. The van der Waals surface area contributed by atoms with Crippen molar-refractivity contribution >= 4 is 92.3 Å². The normalized spacial score (nSPS) is 12.7. The van der Waals surface area contributed by atoms with Crippen LogP contribution in [0.3, 0.4) is 0 Å². The van der Waals surface area contributed by atoms with E-state index in [1.807, 2.05) is 11.3 Å². The predicted molar refractivity (Wildman–Crippen MR) is 268 cm³/mol. The maximum atomic E-state index is 2.48. The fraction of sp³-hybridized carbons (Fsp3) is 0. The zero-order chi connectivity index (χ0) is 41.2. The van der Waals surface area contributed by atoms with Gasteiger partial charge in [0.05, 0.1) is 11.0 Å². The number of fused-ring (bicyclic) bond motifs is 13. The van der Waals surface area contributed by atoms with Crippen LogP contribution in [0.1, 0.15) is 22.3 Å². The van der Waals surface area contributed by atoms with Crippen molar-refractivity contribution in [2.24, 2.45) is 0 Å². The number of nitrogens with zero attached hydrogens (tertiary/aromatic N) is 2. The molecule has 2 aliphatic carbocycles. The third kappa shape index (κ3) is 5.06. The third-order valence-corrected chi connectivity index (χ3v) is 14.6. The number of hydrogen-bond donors (Lipinski definition) is 0. The lowest BCUT2D eigenvalue weighted by Gasteiger charge is -2.27. The Bertz CT molecular complexity index is 3890. The van der Waals surface area contributed by atoms with Gasteiger partial charge < -0.3 is 9.47 Å². The first kappa shape index (κ1) is 34.7. The van der Waals surface area contributed by atoms with Gasteiger partial charge in [0, 0.05) is 53.7 Å². The molecule has 12 aromatic rings. The van der Waals surface area contributed by atoms with Crippen LogP contribution >= 0.6 is 11.3 Å². The summed E-state index contributed by atoms with van der Waals surface area (Å²) in [7, 11) is 0. The lowest BCUT2D eigenvalue weighted by molar-refractivity contribution is 1.18. The van der Waals surface area contributed by atoms with Crippen molar-refractivity contribution in [1.29, 1.82) is 0 Å². The number of anilines is 3. The van der Waals surface area contributed by atoms with Crippen molar-refractivity contribution < 1.29 is 0 Å². The molecule has 10 aromatic carbocycles. The summed E-state index contributed by atoms with van der Waals surface area (Å²) >= 11 is 1.86. The van der Waals surface area contributed by atoms with Gasteiger partial charge in [-0.1, -0.05) is 146 Å². The highest BCUT2D eigenvalue weighted by atomic mass is 32.1. The van der Waals surface area contributed by atoms with Crippen molar-refractivity contribution in [2.45, 2.75) is 0 Å². The van der Waals surface area contributed by atoms with Crippen LogP contribution in [0, 0.1) is 0 Å². The summed E-state index contributed by atoms with van der Waals surface area (Å²) in [5, 5.41) is 7.51. The van der Waals surface area contributed by atoms with Crippen molar-refractivity contribution in [2.75, 3.05) is 4.90 Å². The Hall–Kier alpha value is -7.98. The Balaban J connectivity index is 1.03. The highest BCUT2D eigenvalue weighted by Crippen LogP contribution is 2.55. The standard InChI is InChI=1S/C60H36N2S/c1-2-14-38-33-39(26-25-37(38)13-1)62-55-23-11-9-18-47(55)52-34-41(28-31-56(52)62)61(42-29-32-58-53(35-42)48-19-10-12-24-57(48)63-58)40-27-30-46-45-17-5-8-22-51(45)60(54(46)36-40)59-49-20-6-3-15-43(49)44-16-4-7-21-50(44)59/h1-36H. The Morgan fingerprint density at radius 1 is 0.302 bits per heavy atom. The maximum absolute atomic E-state index is 2.48. The van der Waals surface area contributed by atoms with Crippen LogP contribution in [-0.4, -0.2) is 4.57 Å².